The smallest absolute Gasteiger partial charge is 0.253 e. The molecule has 0 fully saturated rings. The molecule has 0 aliphatic carbocycles. The van der Waals surface area contributed by atoms with E-state index in [4.69, 9.17) is 0 Å². The average Bonchev–Trinajstić information content (AvgIpc) is 2.30. The van der Waals surface area contributed by atoms with E-state index in [-0.39, 0.29) is 22.6 Å². The van der Waals surface area contributed by atoms with Gasteiger partial charge in [-0.05, 0) is 17.3 Å². The summed E-state index contributed by atoms with van der Waals surface area (Å²) in [5.74, 6) is -0.376. The van der Waals surface area contributed by atoms with Gasteiger partial charge in [0.25, 0.3) is 11.8 Å². The van der Waals surface area contributed by atoms with Crippen LogP contribution in [0.5, 0.6) is 0 Å². The van der Waals surface area contributed by atoms with Crippen LogP contribution in [-0.4, -0.2) is 23.3 Å². The second-order valence-corrected chi connectivity index (χ2v) is 6.50. The summed E-state index contributed by atoms with van der Waals surface area (Å²) in [6.07, 6.45) is 3.65. The first-order chi connectivity index (χ1) is 7.11. The Labute approximate surface area is 97.5 Å². The standard InChI is InChI=1S/C13H21NO2/c1-12(2,3)8-13(4,5)9-14-10(15)6-7-11(14)16/h6-7H,8-9H2,1-5H3. The molecule has 16 heavy (non-hydrogen) atoms. The molecule has 1 aliphatic heterocycles. The van der Waals surface area contributed by atoms with Gasteiger partial charge in [0, 0.05) is 18.7 Å². The normalized spacial score (nSPS) is 17.4. The van der Waals surface area contributed by atoms with Crippen LogP contribution < -0.4 is 0 Å². The van der Waals surface area contributed by atoms with Crippen molar-refractivity contribution in [1.29, 1.82) is 0 Å². The zero-order chi connectivity index (χ0) is 12.6. The molecule has 90 valence electrons. The Morgan fingerprint density at radius 2 is 1.44 bits per heavy atom. The first-order valence-corrected chi connectivity index (χ1v) is 5.64. The Kier molecular flexibility index (Phi) is 3.27. The topological polar surface area (TPSA) is 37.4 Å². The van der Waals surface area contributed by atoms with Crippen LogP contribution in [0.15, 0.2) is 12.2 Å². The second kappa shape index (κ2) is 4.04. The summed E-state index contributed by atoms with van der Waals surface area (Å²) in [5, 5.41) is 0. The van der Waals surface area contributed by atoms with Crippen molar-refractivity contribution in [3.63, 3.8) is 0 Å². The van der Waals surface area contributed by atoms with Gasteiger partial charge < -0.3 is 0 Å². The minimum Gasteiger partial charge on any atom is -0.275 e. The van der Waals surface area contributed by atoms with Gasteiger partial charge in [0.05, 0.1) is 0 Å². The molecule has 0 spiro atoms. The minimum absolute atomic E-state index is 0.0460. The van der Waals surface area contributed by atoms with Gasteiger partial charge in [-0.2, -0.15) is 0 Å². The molecule has 0 aromatic heterocycles. The Bertz CT molecular complexity index is 316. The third-order valence-electron chi connectivity index (χ3n) is 2.50. The molecule has 3 nitrogen and oxygen atoms in total. The molecule has 1 rings (SSSR count). The summed E-state index contributed by atoms with van der Waals surface area (Å²) < 4.78 is 0. The summed E-state index contributed by atoms with van der Waals surface area (Å²) in [6, 6.07) is 0. The summed E-state index contributed by atoms with van der Waals surface area (Å²) in [4.78, 5) is 24.2. The van der Waals surface area contributed by atoms with Crippen LogP contribution in [0.1, 0.15) is 41.0 Å². The number of hydrogen-bond acceptors (Lipinski definition) is 2. The number of carbonyl (C=O) groups excluding carboxylic acids is 2. The maximum Gasteiger partial charge on any atom is 0.253 e. The summed E-state index contributed by atoms with van der Waals surface area (Å²) in [6.45, 7) is 11.2. The molecule has 2 amide bonds. The van der Waals surface area contributed by atoms with Crippen molar-refractivity contribution in [2.45, 2.75) is 41.0 Å². The van der Waals surface area contributed by atoms with Gasteiger partial charge in [0.1, 0.15) is 0 Å². The number of amides is 2. The highest BCUT2D eigenvalue weighted by Crippen LogP contribution is 2.34. The fourth-order valence-electron chi connectivity index (χ4n) is 2.51. The van der Waals surface area contributed by atoms with Gasteiger partial charge in [0.2, 0.25) is 0 Å². The van der Waals surface area contributed by atoms with Gasteiger partial charge in [0.15, 0.2) is 0 Å². The lowest BCUT2D eigenvalue weighted by Gasteiger charge is -2.34. The second-order valence-electron chi connectivity index (χ2n) is 6.50. The largest absolute Gasteiger partial charge is 0.275 e. The number of rotatable bonds is 3. The fraction of sp³-hybridized carbons (Fsp3) is 0.692. The number of hydrogen-bond donors (Lipinski definition) is 0. The molecule has 0 unspecified atom stereocenters. The Morgan fingerprint density at radius 1 is 1.00 bits per heavy atom. The zero-order valence-corrected chi connectivity index (χ0v) is 10.8. The van der Waals surface area contributed by atoms with Gasteiger partial charge in [-0.25, -0.2) is 0 Å². The lowest BCUT2D eigenvalue weighted by atomic mass is 9.76. The van der Waals surface area contributed by atoms with Crippen molar-refractivity contribution >= 4 is 11.8 Å². The van der Waals surface area contributed by atoms with E-state index in [1.54, 1.807) is 0 Å². The van der Waals surface area contributed by atoms with Crippen LogP contribution in [-0.2, 0) is 9.59 Å². The number of carbonyl (C=O) groups is 2. The molecular weight excluding hydrogens is 202 g/mol. The molecule has 0 saturated heterocycles. The van der Waals surface area contributed by atoms with Gasteiger partial charge >= 0.3 is 0 Å². The van der Waals surface area contributed by atoms with E-state index >= 15 is 0 Å². The van der Waals surface area contributed by atoms with Crippen LogP contribution in [0.2, 0.25) is 0 Å². The van der Waals surface area contributed by atoms with E-state index in [1.807, 2.05) is 0 Å². The van der Waals surface area contributed by atoms with Crippen LogP contribution >= 0.6 is 0 Å². The number of nitrogens with zero attached hydrogens (tertiary/aromatic N) is 1. The first-order valence-electron chi connectivity index (χ1n) is 5.64. The quantitative estimate of drug-likeness (QED) is 0.689. The molecule has 3 heteroatoms. The van der Waals surface area contributed by atoms with Crippen molar-refractivity contribution in [2.24, 2.45) is 10.8 Å². The lowest BCUT2D eigenvalue weighted by Crippen LogP contribution is -2.40. The van der Waals surface area contributed by atoms with Crippen molar-refractivity contribution in [3.8, 4) is 0 Å². The molecule has 1 heterocycles. The predicted molar refractivity (Wildman–Crippen MR) is 63.7 cm³/mol. The van der Waals surface area contributed by atoms with E-state index < -0.39 is 0 Å². The molecule has 0 aromatic rings. The predicted octanol–water partition coefficient (Wildman–Crippen LogP) is 2.37. The maximum absolute atomic E-state index is 11.4. The molecular formula is C13H21NO2. The molecule has 0 bridgehead atoms. The molecule has 0 saturated carbocycles. The minimum atomic E-state index is -0.188. The van der Waals surface area contributed by atoms with Crippen molar-refractivity contribution in [3.05, 3.63) is 12.2 Å². The monoisotopic (exact) mass is 223 g/mol. The molecule has 1 aliphatic rings. The summed E-state index contributed by atoms with van der Waals surface area (Å²) >= 11 is 0. The fourth-order valence-corrected chi connectivity index (χ4v) is 2.51. The lowest BCUT2D eigenvalue weighted by molar-refractivity contribution is -0.138. The summed E-state index contributed by atoms with van der Waals surface area (Å²) in [5.41, 5.74) is 0.151. The van der Waals surface area contributed by atoms with E-state index in [0.717, 1.165) is 6.42 Å². The maximum atomic E-state index is 11.4. The molecule has 0 atom stereocenters. The Morgan fingerprint density at radius 3 is 1.81 bits per heavy atom. The van der Waals surface area contributed by atoms with Crippen LogP contribution in [0.25, 0.3) is 0 Å². The SMILES string of the molecule is CC(C)(C)CC(C)(C)CN1C(=O)C=CC1=O. The highest BCUT2D eigenvalue weighted by atomic mass is 16.2. The highest BCUT2D eigenvalue weighted by Gasteiger charge is 2.32. The molecule has 0 aromatic carbocycles. The van der Waals surface area contributed by atoms with Gasteiger partial charge in [-0.1, -0.05) is 34.6 Å². The van der Waals surface area contributed by atoms with Crippen LogP contribution in [0.3, 0.4) is 0 Å². The van der Waals surface area contributed by atoms with E-state index in [1.165, 1.54) is 17.1 Å². The van der Waals surface area contributed by atoms with E-state index in [9.17, 15) is 9.59 Å². The Hall–Kier alpha value is -1.12. The highest BCUT2D eigenvalue weighted by molar-refractivity contribution is 6.12. The van der Waals surface area contributed by atoms with Crippen molar-refractivity contribution in [1.82, 2.24) is 4.90 Å². The van der Waals surface area contributed by atoms with Crippen LogP contribution in [0, 0.1) is 10.8 Å². The van der Waals surface area contributed by atoms with Crippen LogP contribution in [0.4, 0.5) is 0 Å². The number of imide groups is 1. The molecule has 0 N–H and O–H groups in total. The summed E-state index contributed by atoms with van der Waals surface area (Å²) in [7, 11) is 0. The third-order valence-corrected chi connectivity index (χ3v) is 2.50. The average molecular weight is 223 g/mol. The molecule has 0 radical (unpaired) electrons. The van der Waals surface area contributed by atoms with Gasteiger partial charge in [-0.15, -0.1) is 0 Å². The van der Waals surface area contributed by atoms with Crippen molar-refractivity contribution < 1.29 is 9.59 Å². The van der Waals surface area contributed by atoms with E-state index in [0.29, 0.717) is 6.54 Å². The third kappa shape index (κ3) is 3.47. The Balaban J connectivity index is 2.66. The first kappa shape index (κ1) is 12.9. The van der Waals surface area contributed by atoms with Crippen molar-refractivity contribution in [2.75, 3.05) is 6.54 Å². The van der Waals surface area contributed by atoms with E-state index in [2.05, 4.69) is 34.6 Å². The van der Waals surface area contributed by atoms with Gasteiger partial charge in [-0.3, -0.25) is 14.5 Å². The zero-order valence-electron chi connectivity index (χ0n) is 10.8.